The number of carbonyl (C=O) groups excluding carboxylic acids is 1. The maximum absolute atomic E-state index is 12.3. The highest BCUT2D eigenvalue weighted by Crippen LogP contribution is 2.28. The summed E-state index contributed by atoms with van der Waals surface area (Å²) >= 11 is 0. The van der Waals surface area contributed by atoms with Crippen molar-refractivity contribution in [2.45, 2.75) is 32.2 Å². The average Bonchev–Trinajstić information content (AvgIpc) is 2.87. The number of likely N-dealkylation sites (tertiary alicyclic amines) is 1. The highest BCUT2D eigenvalue weighted by molar-refractivity contribution is 5.89. The van der Waals surface area contributed by atoms with Crippen molar-refractivity contribution in [3.63, 3.8) is 0 Å². The topological polar surface area (TPSA) is 56.5 Å². The van der Waals surface area contributed by atoms with Gasteiger partial charge in [0, 0.05) is 20.6 Å². The van der Waals surface area contributed by atoms with Gasteiger partial charge in [-0.3, -0.25) is 14.0 Å². The number of hydrogen-bond donors (Lipinski definition) is 0. The van der Waals surface area contributed by atoms with E-state index in [2.05, 4.69) is 29.2 Å². The predicted molar refractivity (Wildman–Crippen MR) is 108 cm³/mol. The summed E-state index contributed by atoms with van der Waals surface area (Å²) in [6.07, 6.45) is 2.17. The molecule has 1 aromatic carbocycles. The van der Waals surface area contributed by atoms with Crippen molar-refractivity contribution in [3.05, 3.63) is 57.8 Å². The van der Waals surface area contributed by atoms with Gasteiger partial charge in [-0.1, -0.05) is 30.3 Å². The lowest BCUT2D eigenvalue weighted by atomic mass is 9.89. The van der Waals surface area contributed by atoms with Gasteiger partial charge in [0.15, 0.2) is 5.69 Å². The molecule has 0 atom stereocenters. The van der Waals surface area contributed by atoms with Crippen molar-refractivity contribution >= 4 is 18.4 Å². The third kappa shape index (κ3) is 4.45. The highest BCUT2D eigenvalue weighted by Gasteiger charge is 2.26. The average molecular weight is 394 g/mol. The molecule has 1 aromatic heterocycles. The van der Waals surface area contributed by atoms with Gasteiger partial charge in [-0.25, -0.2) is 9.59 Å². The Bertz CT molecular complexity index is 821. The van der Waals surface area contributed by atoms with Crippen LogP contribution >= 0.6 is 12.4 Å². The monoisotopic (exact) mass is 393 g/mol. The number of esters is 1. The van der Waals surface area contributed by atoms with Crippen molar-refractivity contribution < 1.29 is 9.53 Å². The molecule has 0 unspecified atom stereocenters. The standard InChI is InChI=1S/C20H27N3O3.ClH/c1-4-26-19(24)18-17(21(2)20(25)22(18)3)14-23-12-10-16(11-13-23)15-8-6-5-7-9-15;/h5-9,16H,4,10-14H2,1-3H3;1H. The number of halogens is 1. The molecule has 3 rings (SSSR count). The first-order valence-electron chi connectivity index (χ1n) is 9.22. The molecule has 1 saturated heterocycles. The molecule has 1 aliphatic rings. The van der Waals surface area contributed by atoms with E-state index in [1.54, 1.807) is 25.6 Å². The zero-order valence-corrected chi connectivity index (χ0v) is 17.0. The second kappa shape index (κ2) is 9.24. The van der Waals surface area contributed by atoms with Gasteiger partial charge < -0.3 is 4.74 Å². The van der Waals surface area contributed by atoms with Crippen LogP contribution in [-0.4, -0.2) is 39.7 Å². The molecule has 0 N–H and O–H groups in total. The van der Waals surface area contributed by atoms with E-state index >= 15 is 0 Å². The van der Waals surface area contributed by atoms with Crippen LogP contribution in [0.3, 0.4) is 0 Å². The van der Waals surface area contributed by atoms with Crippen LogP contribution in [-0.2, 0) is 25.4 Å². The van der Waals surface area contributed by atoms with E-state index < -0.39 is 5.97 Å². The summed E-state index contributed by atoms with van der Waals surface area (Å²) in [6, 6.07) is 10.6. The van der Waals surface area contributed by atoms with Crippen molar-refractivity contribution in [3.8, 4) is 0 Å². The van der Waals surface area contributed by atoms with Gasteiger partial charge in [0.2, 0.25) is 0 Å². The largest absolute Gasteiger partial charge is 0.461 e. The first-order valence-corrected chi connectivity index (χ1v) is 9.22. The van der Waals surface area contributed by atoms with Crippen LogP contribution < -0.4 is 5.69 Å². The Morgan fingerprint density at radius 1 is 1.11 bits per heavy atom. The van der Waals surface area contributed by atoms with Crippen molar-refractivity contribution in [2.75, 3.05) is 19.7 Å². The third-order valence-electron chi connectivity index (χ3n) is 5.29. The van der Waals surface area contributed by atoms with Crippen LogP contribution in [0, 0.1) is 0 Å². The maximum Gasteiger partial charge on any atom is 0.356 e. The number of rotatable bonds is 5. The van der Waals surface area contributed by atoms with E-state index in [1.165, 1.54) is 10.1 Å². The first kappa shape index (κ1) is 21.3. The third-order valence-corrected chi connectivity index (χ3v) is 5.29. The summed E-state index contributed by atoms with van der Waals surface area (Å²) in [5.41, 5.74) is 2.30. The van der Waals surface area contributed by atoms with Crippen LogP contribution in [0.5, 0.6) is 0 Å². The summed E-state index contributed by atoms with van der Waals surface area (Å²) in [5.74, 6) is 0.151. The molecule has 0 amide bonds. The molecule has 7 heteroatoms. The highest BCUT2D eigenvalue weighted by atomic mass is 35.5. The van der Waals surface area contributed by atoms with E-state index in [1.807, 2.05) is 6.07 Å². The number of hydrogen-bond acceptors (Lipinski definition) is 4. The SMILES string of the molecule is CCOC(=O)c1c(CN2CCC(c3ccccc3)CC2)n(C)c(=O)n1C.Cl. The maximum atomic E-state index is 12.3. The molecule has 0 spiro atoms. The molecule has 6 nitrogen and oxygen atoms in total. The van der Waals surface area contributed by atoms with Crippen LogP contribution in [0.4, 0.5) is 0 Å². The Kier molecular flexibility index (Phi) is 7.27. The van der Waals surface area contributed by atoms with Crippen molar-refractivity contribution in [2.24, 2.45) is 14.1 Å². The van der Waals surface area contributed by atoms with Crippen LogP contribution in [0.25, 0.3) is 0 Å². The number of imidazole rings is 1. The lowest BCUT2D eigenvalue weighted by Crippen LogP contribution is -2.34. The molecule has 0 bridgehead atoms. The normalized spacial score (nSPS) is 15.4. The fourth-order valence-electron chi connectivity index (χ4n) is 3.79. The van der Waals surface area contributed by atoms with E-state index in [4.69, 9.17) is 4.74 Å². The summed E-state index contributed by atoms with van der Waals surface area (Å²) in [5, 5.41) is 0. The zero-order chi connectivity index (χ0) is 18.7. The minimum atomic E-state index is -0.429. The van der Waals surface area contributed by atoms with Crippen molar-refractivity contribution in [1.82, 2.24) is 14.0 Å². The van der Waals surface area contributed by atoms with E-state index in [0.29, 0.717) is 24.8 Å². The van der Waals surface area contributed by atoms with Gasteiger partial charge in [0.05, 0.1) is 12.3 Å². The number of carbonyl (C=O) groups is 1. The van der Waals surface area contributed by atoms with Crippen LogP contribution in [0.2, 0.25) is 0 Å². The second-order valence-electron chi connectivity index (χ2n) is 6.88. The molecule has 27 heavy (non-hydrogen) atoms. The van der Waals surface area contributed by atoms with Crippen LogP contribution in [0.15, 0.2) is 35.1 Å². The summed E-state index contributed by atoms with van der Waals surface area (Å²) < 4.78 is 8.11. The molecular weight excluding hydrogens is 366 g/mol. The first-order chi connectivity index (χ1) is 12.5. The van der Waals surface area contributed by atoms with Gasteiger partial charge in [-0.05, 0) is 44.3 Å². The molecule has 2 aromatic rings. The van der Waals surface area contributed by atoms with Crippen LogP contribution in [0.1, 0.15) is 47.4 Å². The summed E-state index contributed by atoms with van der Waals surface area (Å²) in [4.78, 5) is 26.9. The molecule has 2 heterocycles. The second-order valence-corrected chi connectivity index (χ2v) is 6.88. The minimum Gasteiger partial charge on any atom is -0.461 e. The molecular formula is C20H28ClN3O3. The molecule has 1 fully saturated rings. The quantitative estimate of drug-likeness (QED) is 0.733. The van der Waals surface area contributed by atoms with Gasteiger partial charge in [-0.15, -0.1) is 12.4 Å². The Morgan fingerprint density at radius 3 is 2.33 bits per heavy atom. The van der Waals surface area contributed by atoms with Gasteiger partial charge in [-0.2, -0.15) is 0 Å². The zero-order valence-electron chi connectivity index (χ0n) is 16.2. The summed E-state index contributed by atoms with van der Waals surface area (Å²) in [7, 11) is 3.34. The lowest BCUT2D eigenvalue weighted by molar-refractivity contribution is 0.0511. The van der Waals surface area contributed by atoms with E-state index in [9.17, 15) is 9.59 Å². The Balaban J connectivity index is 0.00000261. The Hall–Kier alpha value is -2.05. The van der Waals surface area contributed by atoms with Gasteiger partial charge in [0.25, 0.3) is 0 Å². The van der Waals surface area contributed by atoms with Gasteiger partial charge in [0.1, 0.15) is 0 Å². The smallest absolute Gasteiger partial charge is 0.356 e. The number of ether oxygens (including phenoxy) is 1. The number of nitrogens with zero attached hydrogens (tertiary/aromatic N) is 3. The fraction of sp³-hybridized carbons (Fsp3) is 0.500. The number of benzene rings is 1. The van der Waals surface area contributed by atoms with Crippen molar-refractivity contribution in [1.29, 1.82) is 0 Å². The Labute approximate surface area is 166 Å². The molecule has 1 aliphatic heterocycles. The van der Waals surface area contributed by atoms with E-state index in [0.717, 1.165) is 31.6 Å². The molecule has 0 aliphatic carbocycles. The van der Waals surface area contributed by atoms with E-state index in [-0.39, 0.29) is 18.1 Å². The van der Waals surface area contributed by atoms with Gasteiger partial charge >= 0.3 is 11.7 Å². The molecule has 148 valence electrons. The summed E-state index contributed by atoms with van der Waals surface area (Å²) in [6.45, 7) is 4.55. The number of aromatic nitrogens is 2. The lowest BCUT2D eigenvalue weighted by Gasteiger charge is -2.32. The molecule has 0 radical (unpaired) electrons. The molecule has 0 saturated carbocycles. The number of piperidine rings is 1. The predicted octanol–water partition coefficient (Wildman–Crippen LogP) is 2.70. The fourth-order valence-corrected chi connectivity index (χ4v) is 3.79. The minimum absolute atomic E-state index is 0. The Morgan fingerprint density at radius 2 is 1.74 bits per heavy atom.